The van der Waals surface area contributed by atoms with Crippen LogP contribution >= 0.6 is 0 Å². The molecule has 0 spiro atoms. The number of aromatic nitrogens is 4. The molecule has 0 aliphatic rings. The Kier molecular flexibility index (Phi) is 2.68. The van der Waals surface area contributed by atoms with E-state index in [9.17, 15) is 4.79 Å². The van der Waals surface area contributed by atoms with Gasteiger partial charge < -0.3 is 5.32 Å². The zero-order valence-corrected chi connectivity index (χ0v) is 10.2. The topological polar surface area (TPSA) is 72.7 Å². The van der Waals surface area contributed by atoms with Crippen LogP contribution in [0.5, 0.6) is 0 Å². The quantitative estimate of drug-likeness (QED) is 0.753. The van der Waals surface area contributed by atoms with Crippen LogP contribution in [0.3, 0.4) is 0 Å². The van der Waals surface area contributed by atoms with Gasteiger partial charge in [0.25, 0.3) is 5.91 Å². The molecule has 6 heteroatoms. The van der Waals surface area contributed by atoms with Gasteiger partial charge in [-0.25, -0.2) is 9.97 Å². The third kappa shape index (κ3) is 2.15. The number of nitrogens with zero attached hydrogens (tertiary/aromatic N) is 4. The van der Waals surface area contributed by atoms with E-state index < -0.39 is 0 Å². The molecule has 0 radical (unpaired) electrons. The molecule has 0 saturated carbocycles. The van der Waals surface area contributed by atoms with Crippen molar-refractivity contribution in [2.45, 2.75) is 0 Å². The molecule has 3 aromatic heterocycles. The fraction of sp³-hybridized carbons (Fsp3) is 0.0769. The SMILES string of the molecule is Cn1nccc1C(=O)Nc1ccc2cccnc2n1. The van der Waals surface area contributed by atoms with Gasteiger partial charge in [0.1, 0.15) is 11.5 Å². The molecule has 6 nitrogen and oxygen atoms in total. The average molecular weight is 253 g/mol. The molecule has 94 valence electrons. The van der Waals surface area contributed by atoms with E-state index in [1.165, 1.54) is 4.68 Å². The summed E-state index contributed by atoms with van der Waals surface area (Å²) in [6.45, 7) is 0. The number of aryl methyl sites for hydroxylation is 1. The minimum absolute atomic E-state index is 0.247. The normalized spacial score (nSPS) is 10.6. The summed E-state index contributed by atoms with van der Waals surface area (Å²) in [7, 11) is 1.71. The number of anilines is 1. The first-order chi connectivity index (χ1) is 9.24. The largest absolute Gasteiger partial charge is 0.305 e. The second-order valence-electron chi connectivity index (χ2n) is 4.04. The highest BCUT2D eigenvalue weighted by Crippen LogP contribution is 2.13. The van der Waals surface area contributed by atoms with Crippen molar-refractivity contribution >= 4 is 22.8 Å². The van der Waals surface area contributed by atoms with E-state index in [1.807, 2.05) is 18.2 Å². The molecular formula is C13H11N5O. The van der Waals surface area contributed by atoms with Crippen LogP contribution in [0.4, 0.5) is 5.82 Å². The van der Waals surface area contributed by atoms with E-state index in [4.69, 9.17) is 0 Å². The van der Waals surface area contributed by atoms with E-state index in [0.29, 0.717) is 17.2 Å². The van der Waals surface area contributed by atoms with Crippen LogP contribution in [0.25, 0.3) is 11.0 Å². The van der Waals surface area contributed by atoms with Gasteiger partial charge in [0.05, 0.1) is 0 Å². The lowest BCUT2D eigenvalue weighted by atomic mass is 10.3. The van der Waals surface area contributed by atoms with Gasteiger partial charge in [0.15, 0.2) is 5.65 Å². The molecule has 0 fully saturated rings. The Hall–Kier alpha value is -2.76. The Morgan fingerprint density at radius 1 is 1.21 bits per heavy atom. The molecule has 1 N–H and O–H groups in total. The fourth-order valence-corrected chi connectivity index (χ4v) is 1.80. The number of hydrogen-bond donors (Lipinski definition) is 1. The van der Waals surface area contributed by atoms with Gasteiger partial charge in [-0.3, -0.25) is 9.48 Å². The highest BCUT2D eigenvalue weighted by Gasteiger charge is 2.10. The maximum atomic E-state index is 12.0. The summed E-state index contributed by atoms with van der Waals surface area (Å²) in [4.78, 5) is 20.4. The highest BCUT2D eigenvalue weighted by molar-refractivity contribution is 6.02. The van der Waals surface area contributed by atoms with Crippen LogP contribution in [0.15, 0.2) is 42.7 Å². The lowest BCUT2D eigenvalue weighted by Crippen LogP contribution is -2.16. The molecule has 3 heterocycles. The first-order valence-electron chi connectivity index (χ1n) is 5.75. The van der Waals surface area contributed by atoms with Gasteiger partial charge in [-0.05, 0) is 30.3 Å². The lowest BCUT2D eigenvalue weighted by molar-refractivity contribution is 0.101. The molecule has 0 aliphatic heterocycles. The number of hydrogen-bond acceptors (Lipinski definition) is 4. The van der Waals surface area contributed by atoms with Crippen LogP contribution < -0.4 is 5.32 Å². The van der Waals surface area contributed by atoms with Crippen LogP contribution in [0, 0.1) is 0 Å². The number of pyridine rings is 2. The minimum atomic E-state index is -0.247. The Bertz CT molecular complexity index is 749. The summed E-state index contributed by atoms with van der Waals surface area (Å²) in [5.41, 5.74) is 1.08. The summed E-state index contributed by atoms with van der Waals surface area (Å²) >= 11 is 0. The summed E-state index contributed by atoms with van der Waals surface area (Å²) in [5, 5.41) is 7.61. The van der Waals surface area contributed by atoms with E-state index in [1.54, 1.807) is 31.6 Å². The third-order valence-corrected chi connectivity index (χ3v) is 2.76. The van der Waals surface area contributed by atoms with Gasteiger partial charge in [-0.15, -0.1) is 0 Å². The van der Waals surface area contributed by atoms with Gasteiger partial charge in [-0.2, -0.15) is 5.10 Å². The number of nitrogens with one attached hydrogen (secondary N) is 1. The average Bonchev–Trinajstić information content (AvgIpc) is 2.85. The first-order valence-corrected chi connectivity index (χ1v) is 5.75. The zero-order valence-electron chi connectivity index (χ0n) is 10.2. The lowest BCUT2D eigenvalue weighted by Gasteiger charge is -2.05. The maximum Gasteiger partial charge on any atom is 0.275 e. The summed E-state index contributed by atoms with van der Waals surface area (Å²) in [6, 6.07) is 9.03. The Morgan fingerprint density at radius 3 is 2.89 bits per heavy atom. The molecule has 0 aliphatic carbocycles. The number of amides is 1. The van der Waals surface area contributed by atoms with Crippen molar-refractivity contribution in [3.05, 3.63) is 48.4 Å². The van der Waals surface area contributed by atoms with Crippen LogP contribution in [0.2, 0.25) is 0 Å². The standard InChI is InChI=1S/C13H11N5O/c1-18-10(6-8-15-18)13(19)17-11-5-4-9-3-2-7-14-12(9)16-11/h2-8H,1H3,(H,14,16,17,19). The second kappa shape index (κ2) is 4.49. The van der Waals surface area contributed by atoms with Crippen LogP contribution in [-0.4, -0.2) is 25.7 Å². The van der Waals surface area contributed by atoms with Crippen molar-refractivity contribution in [3.63, 3.8) is 0 Å². The summed E-state index contributed by atoms with van der Waals surface area (Å²) in [6.07, 6.45) is 3.24. The van der Waals surface area contributed by atoms with Crippen molar-refractivity contribution in [2.75, 3.05) is 5.32 Å². The number of fused-ring (bicyclic) bond motifs is 1. The molecule has 0 unspecified atom stereocenters. The monoisotopic (exact) mass is 253 g/mol. The molecule has 0 atom stereocenters. The molecular weight excluding hydrogens is 242 g/mol. The van der Waals surface area contributed by atoms with Gasteiger partial charge in [0.2, 0.25) is 0 Å². The number of carbonyl (C=O) groups is 1. The van der Waals surface area contributed by atoms with E-state index in [0.717, 1.165) is 5.39 Å². The van der Waals surface area contributed by atoms with Gasteiger partial charge in [0, 0.05) is 24.8 Å². The smallest absolute Gasteiger partial charge is 0.275 e. The number of carbonyl (C=O) groups excluding carboxylic acids is 1. The molecule has 0 saturated heterocycles. The fourth-order valence-electron chi connectivity index (χ4n) is 1.80. The van der Waals surface area contributed by atoms with Crippen molar-refractivity contribution in [1.29, 1.82) is 0 Å². The Morgan fingerprint density at radius 2 is 2.11 bits per heavy atom. The molecule has 0 aromatic carbocycles. The Labute approximate surface area is 109 Å². The molecule has 1 amide bonds. The summed E-state index contributed by atoms with van der Waals surface area (Å²) in [5.74, 6) is 0.222. The predicted octanol–water partition coefficient (Wildman–Crippen LogP) is 1.62. The van der Waals surface area contributed by atoms with Crippen molar-refractivity contribution in [2.24, 2.45) is 7.05 Å². The molecule has 3 aromatic rings. The van der Waals surface area contributed by atoms with Crippen molar-refractivity contribution in [1.82, 2.24) is 19.7 Å². The van der Waals surface area contributed by atoms with Crippen molar-refractivity contribution in [3.8, 4) is 0 Å². The second-order valence-corrected chi connectivity index (χ2v) is 4.04. The van der Waals surface area contributed by atoms with Crippen LogP contribution in [0.1, 0.15) is 10.5 Å². The Balaban J connectivity index is 1.89. The molecule has 3 rings (SSSR count). The van der Waals surface area contributed by atoms with Crippen molar-refractivity contribution < 1.29 is 4.79 Å². The number of rotatable bonds is 2. The summed E-state index contributed by atoms with van der Waals surface area (Å²) < 4.78 is 1.51. The predicted molar refractivity (Wildman–Crippen MR) is 70.7 cm³/mol. The third-order valence-electron chi connectivity index (χ3n) is 2.76. The minimum Gasteiger partial charge on any atom is -0.305 e. The van der Waals surface area contributed by atoms with Crippen LogP contribution in [-0.2, 0) is 7.05 Å². The first kappa shape index (κ1) is 11.3. The maximum absolute atomic E-state index is 12.0. The van der Waals surface area contributed by atoms with Gasteiger partial charge in [-0.1, -0.05) is 0 Å². The molecule has 19 heavy (non-hydrogen) atoms. The van der Waals surface area contributed by atoms with Gasteiger partial charge >= 0.3 is 0 Å². The van der Waals surface area contributed by atoms with E-state index in [2.05, 4.69) is 20.4 Å². The van der Waals surface area contributed by atoms with E-state index in [-0.39, 0.29) is 5.91 Å². The zero-order chi connectivity index (χ0) is 13.2. The van der Waals surface area contributed by atoms with E-state index >= 15 is 0 Å². The highest BCUT2D eigenvalue weighted by atomic mass is 16.2. The molecule has 0 bridgehead atoms.